The van der Waals surface area contributed by atoms with Gasteiger partial charge in [-0.3, -0.25) is 4.79 Å². The van der Waals surface area contributed by atoms with Crippen molar-refractivity contribution < 1.29 is 4.79 Å². The summed E-state index contributed by atoms with van der Waals surface area (Å²) in [5.41, 5.74) is 1.93. The normalized spacial score (nSPS) is 24.1. The molecule has 0 saturated carbocycles. The fourth-order valence-electron chi connectivity index (χ4n) is 2.59. The van der Waals surface area contributed by atoms with Crippen molar-refractivity contribution in [1.82, 2.24) is 5.32 Å². The molecule has 0 aliphatic carbocycles. The van der Waals surface area contributed by atoms with Gasteiger partial charge in [0.1, 0.15) is 0 Å². The summed E-state index contributed by atoms with van der Waals surface area (Å²) < 4.78 is 0. The van der Waals surface area contributed by atoms with Crippen molar-refractivity contribution in [1.29, 1.82) is 0 Å². The van der Waals surface area contributed by atoms with Gasteiger partial charge in [0.05, 0.1) is 5.56 Å². The lowest BCUT2D eigenvalue weighted by Crippen LogP contribution is -2.36. The third-order valence-corrected chi connectivity index (χ3v) is 3.33. The van der Waals surface area contributed by atoms with Gasteiger partial charge in [0.2, 0.25) is 0 Å². The number of amides is 1. The maximum Gasteiger partial charge on any atom is 0.253 e. The number of hydrogen-bond donors (Lipinski definition) is 1. The molecule has 1 saturated heterocycles. The summed E-state index contributed by atoms with van der Waals surface area (Å²) in [7, 11) is 0. The van der Waals surface area contributed by atoms with Crippen LogP contribution in [0.2, 0.25) is 0 Å². The summed E-state index contributed by atoms with van der Waals surface area (Å²) in [6.07, 6.45) is 2.42. The van der Waals surface area contributed by atoms with E-state index in [0.717, 1.165) is 24.3 Å². The second-order valence-corrected chi connectivity index (χ2v) is 4.22. The Kier molecular flexibility index (Phi) is 1.91. The average Bonchev–Trinajstić information content (AvgIpc) is 2.69. The highest BCUT2D eigenvalue weighted by Crippen LogP contribution is 2.30. The predicted molar refractivity (Wildman–Crippen MR) is 59.1 cm³/mol. The first-order valence-electron chi connectivity index (χ1n) is 5.50. The second kappa shape index (κ2) is 3.26. The van der Waals surface area contributed by atoms with Crippen LogP contribution in [0.25, 0.3) is 0 Å². The standard InChI is InChI=1S/C12H14N2O/c15-12-10-5-1-2-6-11(10)14-7-3-4-9(14)8-13-12/h1-2,5-6,9H,3-4,7-8H2,(H,13,15). The van der Waals surface area contributed by atoms with Crippen LogP contribution in [-0.4, -0.2) is 25.0 Å². The first kappa shape index (κ1) is 8.77. The van der Waals surface area contributed by atoms with Gasteiger partial charge in [-0.15, -0.1) is 0 Å². The zero-order valence-corrected chi connectivity index (χ0v) is 8.57. The molecule has 1 N–H and O–H groups in total. The smallest absolute Gasteiger partial charge is 0.253 e. The van der Waals surface area contributed by atoms with Crippen LogP contribution in [0.1, 0.15) is 23.2 Å². The molecule has 2 heterocycles. The SMILES string of the molecule is O=C1NCC2CCCN2c2ccccc21. The highest BCUT2D eigenvalue weighted by Gasteiger charge is 2.30. The zero-order chi connectivity index (χ0) is 10.3. The van der Waals surface area contributed by atoms with E-state index in [-0.39, 0.29) is 5.91 Å². The number of carbonyl (C=O) groups is 1. The molecular weight excluding hydrogens is 188 g/mol. The first-order chi connectivity index (χ1) is 7.36. The Balaban J connectivity index is 2.11. The molecule has 2 aliphatic heterocycles. The minimum absolute atomic E-state index is 0.0694. The van der Waals surface area contributed by atoms with Crippen LogP contribution in [0, 0.1) is 0 Å². The van der Waals surface area contributed by atoms with E-state index in [9.17, 15) is 4.79 Å². The minimum Gasteiger partial charge on any atom is -0.366 e. The molecule has 2 aliphatic rings. The van der Waals surface area contributed by atoms with Crippen LogP contribution in [0.15, 0.2) is 24.3 Å². The first-order valence-corrected chi connectivity index (χ1v) is 5.50. The predicted octanol–water partition coefficient (Wildman–Crippen LogP) is 1.40. The van der Waals surface area contributed by atoms with Crippen LogP contribution < -0.4 is 10.2 Å². The molecule has 78 valence electrons. The van der Waals surface area contributed by atoms with Gasteiger partial charge in [0, 0.05) is 24.8 Å². The Bertz CT molecular complexity index is 402. The topological polar surface area (TPSA) is 32.3 Å². The summed E-state index contributed by atoms with van der Waals surface area (Å²) in [6, 6.07) is 8.39. The van der Waals surface area contributed by atoms with Crippen LogP contribution in [0.5, 0.6) is 0 Å². The number of anilines is 1. The van der Waals surface area contributed by atoms with E-state index in [1.54, 1.807) is 0 Å². The van der Waals surface area contributed by atoms with Crippen molar-refractivity contribution in [2.45, 2.75) is 18.9 Å². The Morgan fingerprint density at radius 2 is 2.20 bits per heavy atom. The van der Waals surface area contributed by atoms with Crippen LogP contribution >= 0.6 is 0 Å². The third kappa shape index (κ3) is 1.30. The Labute approximate surface area is 89.1 Å². The van der Waals surface area contributed by atoms with Crippen molar-refractivity contribution in [2.24, 2.45) is 0 Å². The molecular formula is C12H14N2O. The monoisotopic (exact) mass is 202 g/mol. The number of hydrogen-bond acceptors (Lipinski definition) is 2. The lowest BCUT2D eigenvalue weighted by molar-refractivity contribution is 0.0955. The molecule has 0 spiro atoms. The highest BCUT2D eigenvalue weighted by molar-refractivity contribution is 6.00. The number of fused-ring (bicyclic) bond motifs is 3. The molecule has 1 aromatic rings. The summed E-state index contributed by atoms with van der Waals surface area (Å²) in [4.78, 5) is 14.2. The van der Waals surface area contributed by atoms with Gasteiger partial charge >= 0.3 is 0 Å². The zero-order valence-electron chi connectivity index (χ0n) is 8.57. The fourth-order valence-corrected chi connectivity index (χ4v) is 2.59. The van der Waals surface area contributed by atoms with Crippen molar-refractivity contribution in [3.05, 3.63) is 29.8 Å². The maximum atomic E-state index is 11.8. The van der Waals surface area contributed by atoms with E-state index >= 15 is 0 Å². The number of para-hydroxylation sites is 1. The molecule has 0 radical (unpaired) electrons. The molecule has 3 heteroatoms. The van der Waals surface area contributed by atoms with Gasteiger partial charge in [0.25, 0.3) is 5.91 Å². The molecule has 0 bridgehead atoms. The number of benzene rings is 1. The van der Waals surface area contributed by atoms with Crippen molar-refractivity contribution in [2.75, 3.05) is 18.0 Å². The second-order valence-electron chi connectivity index (χ2n) is 4.22. The summed E-state index contributed by atoms with van der Waals surface area (Å²) in [5, 5.41) is 2.99. The number of nitrogens with one attached hydrogen (secondary N) is 1. The molecule has 1 unspecified atom stereocenters. The highest BCUT2D eigenvalue weighted by atomic mass is 16.1. The molecule has 3 rings (SSSR count). The Morgan fingerprint density at radius 1 is 1.33 bits per heavy atom. The number of nitrogens with zero attached hydrogens (tertiary/aromatic N) is 1. The van der Waals surface area contributed by atoms with E-state index in [1.807, 2.05) is 18.2 Å². The summed E-state index contributed by atoms with van der Waals surface area (Å²) in [5.74, 6) is 0.0694. The molecule has 3 nitrogen and oxygen atoms in total. The van der Waals surface area contributed by atoms with Gasteiger partial charge in [-0.1, -0.05) is 12.1 Å². The van der Waals surface area contributed by atoms with E-state index in [2.05, 4.69) is 16.3 Å². The number of carbonyl (C=O) groups excluding carboxylic acids is 1. The molecule has 15 heavy (non-hydrogen) atoms. The van der Waals surface area contributed by atoms with E-state index in [0.29, 0.717) is 6.04 Å². The minimum atomic E-state index is 0.0694. The van der Waals surface area contributed by atoms with Crippen molar-refractivity contribution in [3.63, 3.8) is 0 Å². The van der Waals surface area contributed by atoms with E-state index in [4.69, 9.17) is 0 Å². The quantitative estimate of drug-likeness (QED) is 0.689. The lowest BCUT2D eigenvalue weighted by atomic mass is 10.1. The molecule has 1 amide bonds. The molecule has 1 fully saturated rings. The summed E-state index contributed by atoms with van der Waals surface area (Å²) in [6.45, 7) is 1.87. The van der Waals surface area contributed by atoms with Crippen molar-refractivity contribution in [3.8, 4) is 0 Å². The van der Waals surface area contributed by atoms with Crippen molar-refractivity contribution >= 4 is 11.6 Å². The molecule has 0 aromatic heterocycles. The van der Waals surface area contributed by atoms with Gasteiger partial charge in [-0.2, -0.15) is 0 Å². The van der Waals surface area contributed by atoms with Gasteiger partial charge in [-0.05, 0) is 25.0 Å². The summed E-state index contributed by atoms with van der Waals surface area (Å²) >= 11 is 0. The van der Waals surface area contributed by atoms with Crippen LogP contribution in [-0.2, 0) is 0 Å². The third-order valence-electron chi connectivity index (χ3n) is 3.33. The average molecular weight is 202 g/mol. The fraction of sp³-hybridized carbons (Fsp3) is 0.417. The van der Waals surface area contributed by atoms with Crippen LogP contribution in [0.4, 0.5) is 5.69 Å². The van der Waals surface area contributed by atoms with Gasteiger partial charge in [0.15, 0.2) is 0 Å². The van der Waals surface area contributed by atoms with E-state index < -0.39 is 0 Å². The Morgan fingerprint density at radius 3 is 3.13 bits per heavy atom. The maximum absolute atomic E-state index is 11.8. The van der Waals surface area contributed by atoms with Gasteiger partial charge < -0.3 is 10.2 Å². The number of rotatable bonds is 0. The molecule has 1 aromatic carbocycles. The lowest BCUT2D eigenvalue weighted by Gasteiger charge is -2.24. The van der Waals surface area contributed by atoms with Gasteiger partial charge in [-0.25, -0.2) is 0 Å². The molecule has 1 atom stereocenters. The van der Waals surface area contributed by atoms with Crippen LogP contribution in [0.3, 0.4) is 0 Å². The van der Waals surface area contributed by atoms with E-state index in [1.165, 1.54) is 12.8 Å². The Hall–Kier alpha value is -1.51. The largest absolute Gasteiger partial charge is 0.366 e.